The number of aryl methyl sites for hydroxylation is 1. The van der Waals surface area contributed by atoms with E-state index in [-0.39, 0.29) is 5.54 Å². The second-order valence-corrected chi connectivity index (χ2v) is 4.63. The third kappa shape index (κ3) is 1.35. The highest BCUT2D eigenvalue weighted by Crippen LogP contribution is 2.37. The Morgan fingerprint density at radius 2 is 2.07 bits per heavy atom. The normalized spacial score (nSPS) is 18.7. The van der Waals surface area contributed by atoms with Gasteiger partial charge in [0.1, 0.15) is 12.4 Å². The van der Waals surface area contributed by atoms with Gasteiger partial charge in [-0.25, -0.2) is 0 Å². The molecule has 1 aliphatic heterocycles. The molecule has 0 spiro atoms. The number of benzene rings is 1. The molecule has 1 heterocycles. The zero-order valence-corrected chi connectivity index (χ0v) is 9.29. The summed E-state index contributed by atoms with van der Waals surface area (Å²) in [7, 11) is 2.12. The molecule has 0 aliphatic carbocycles. The minimum absolute atomic E-state index is 0.0856. The van der Waals surface area contributed by atoms with Crippen LogP contribution in [0.2, 0.25) is 0 Å². The fourth-order valence-corrected chi connectivity index (χ4v) is 1.69. The number of ether oxygens (including phenoxy) is 1. The molecule has 1 aromatic rings. The van der Waals surface area contributed by atoms with Crippen molar-refractivity contribution in [1.82, 2.24) is 0 Å². The van der Waals surface area contributed by atoms with Crippen molar-refractivity contribution in [2.75, 3.05) is 18.6 Å². The fourth-order valence-electron chi connectivity index (χ4n) is 1.69. The van der Waals surface area contributed by atoms with Crippen molar-refractivity contribution in [3.8, 4) is 5.75 Å². The number of likely N-dealkylation sites (N-methyl/N-ethyl adjacent to an activating group) is 1. The largest absolute Gasteiger partial charge is 0.489 e. The van der Waals surface area contributed by atoms with E-state index >= 15 is 0 Å². The predicted molar refractivity (Wildman–Crippen MR) is 59.2 cm³/mol. The van der Waals surface area contributed by atoms with Crippen LogP contribution in [0.3, 0.4) is 0 Å². The highest BCUT2D eigenvalue weighted by atomic mass is 16.5. The van der Waals surface area contributed by atoms with Crippen LogP contribution in [-0.2, 0) is 0 Å². The van der Waals surface area contributed by atoms with Crippen molar-refractivity contribution < 1.29 is 4.74 Å². The topological polar surface area (TPSA) is 12.5 Å². The minimum Gasteiger partial charge on any atom is -0.489 e. The molecule has 0 unspecified atom stereocenters. The average molecular weight is 191 g/mol. The van der Waals surface area contributed by atoms with Gasteiger partial charge in [0.15, 0.2) is 0 Å². The van der Waals surface area contributed by atoms with Crippen LogP contribution >= 0.6 is 0 Å². The van der Waals surface area contributed by atoms with Crippen LogP contribution in [-0.4, -0.2) is 19.2 Å². The van der Waals surface area contributed by atoms with E-state index in [0.717, 1.165) is 12.4 Å². The molecule has 1 aliphatic rings. The summed E-state index contributed by atoms with van der Waals surface area (Å²) >= 11 is 0. The summed E-state index contributed by atoms with van der Waals surface area (Å²) in [6.07, 6.45) is 0. The Morgan fingerprint density at radius 1 is 1.36 bits per heavy atom. The Kier molecular flexibility index (Phi) is 1.95. The van der Waals surface area contributed by atoms with Crippen molar-refractivity contribution in [2.24, 2.45) is 0 Å². The second-order valence-electron chi connectivity index (χ2n) is 4.63. The van der Waals surface area contributed by atoms with Gasteiger partial charge < -0.3 is 9.64 Å². The average Bonchev–Trinajstić information content (AvgIpc) is 2.12. The van der Waals surface area contributed by atoms with Crippen molar-refractivity contribution in [1.29, 1.82) is 0 Å². The molecule has 0 saturated heterocycles. The molecule has 2 nitrogen and oxygen atoms in total. The summed E-state index contributed by atoms with van der Waals surface area (Å²) in [5, 5.41) is 0. The molecular formula is C12H17NO. The molecule has 1 aromatic carbocycles. The molecule has 0 amide bonds. The van der Waals surface area contributed by atoms with Crippen LogP contribution < -0.4 is 9.64 Å². The highest BCUT2D eigenvalue weighted by molar-refractivity contribution is 5.62. The van der Waals surface area contributed by atoms with Gasteiger partial charge in [-0.15, -0.1) is 0 Å². The first-order valence-corrected chi connectivity index (χ1v) is 4.98. The van der Waals surface area contributed by atoms with Gasteiger partial charge >= 0.3 is 0 Å². The maximum atomic E-state index is 5.75. The maximum absolute atomic E-state index is 5.75. The molecule has 0 bridgehead atoms. The molecule has 0 N–H and O–H groups in total. The zero-order valence-electron chi connectivity index (χ0n) is 9.29. The summed E-state index contributed by atoms with van der Waals surface area (Å²) in [6.45, 7) is 7.22. The van der Waals surface area contributed by atoms with Crippen LogP contribution in [0, 0.1) is 6.92 Å². The number of rotatable bonds is 0. The molecule has 14 heavy (non-hydrogen) atoms. The Bertz CT molecular complexity index is 357. The molecule has 0 fully saturated rings. The lowest BCUT2D eigenvalue weighted by Gasteiger charge is -2.42. The smallest absolute Gasteiger partial charge is 0.142 e. The van der Waals surface area contributed by atoms with Crippen LogP contribution in [0.15, 0.2) is 18.2 Å². The van der Waals surface area contributed by atoms with E-state index in [4.69, 9.17) is 4.74 Å². The van der Waals surface area contributed by atoms with Crippen LogP contribution in [0.5, 0.6) is 5.75 Å². The van der Waals surface area contributed by atoms with Crippen molar-refractivity contribution >= 4 is 5.69 Å². The SMILES string of the molecule is Cc1ccc2c(c1)OCC(C)(C)N2C. The van der Waals surface area contributed by atoms with Gasteiger partial charge in [-0.2, -0.15) is 0 Å². The first-order valence-electron chi connectivity index (χ1n) is 4.98. The molecule has 0 aromatic heterocycles. The highest BCUT2D eigenvalue weighted by Gasteiger charge is 2.31. The third-order valence-electron chi connectivity index (χ3n) is 2.97. The first kappa shape index (κ1) is 9.38. The number of anilines is 1. The Labute approximate surface area is 85.5 Å². The number of hydrogen-bond acceptors (Lipinski definition) is 2. The molecule has 0 atom stereocenters. The van der Waals surface area contributed by atoms with E-state index in [0.29, 0.717) is 0 Å². The first-order chi connectivity index (χ1) is 6.50. The van der Waals surface area contributed by atoms with E-state index in [1.165, 1.54) is 11.3 Å². The summed E-state index contributed by atoms with van der Waals surface area (Å²) < 4.78 is 5.75. The fraction of sp³-hybridized carbons (Fsp3) is 0.500. The quantitative estimate of drug-likeness (QED) is 0.625. The van der Waals surface area contributed by atoms with Crippen molar-refractivity contribution in [3.63, 3.8) is 0 Å². The summed E-state index contributed by atoms with van der Waals surface area (Å²) in [5.41, 5.74) is 2.52. The van der Waals surface area contributed by atoms with E-state index in [1.807, 2.05) is 0 Å². The van der Waals surface area contributed by atoms with Gasteiger partial charge in [0.25, 0.3) is 0 Å². The molecule has 2 rings (SSSR count). The molecule has 76 valence electrons. The van der Waals surface area contributed by atoms with Crippen LogP contribution in [0.1, 0.15) is 19.4 Å². The van der Waals surface area contributed by atoms with Crippen molar-refractivity contribution in [2.45, 2.75) is 26.3 Å². The number of nitrogens with zero attached hydrogens (tertiary/aromatic N) is 1. The standard InChI is InChI=1S/C12H17NO/c1-9-5-6-10-11(7-9)14-8-12(2,3)13(10)4/h5-7H,8H2,1-4H3. The van der Waals surface area contributed by atoms with Crippen LogP contribution in [0.4, 0.5) is 5.69 Å². The third-order valence-corrected chi connectivity index (χ3v) is 2.97. The maximum Gasteiger partial charge on any atom is 0.142 e. The van der Waals surface area contributed by atoms with E-state index < -0.39 is 0 Å². The van der Waals surface area contributed by atoms with E-state index in [1.54, 1.807) is 0 Å². The molecule has 2 heteroatoms. The minimum atomic E-state index is 0.0856. The monoisotopic (exact) mass is 191 g/mol. The van der Waals surface area contributed by atoms with Gasteiger partial charge in [0, 0.05) is 7.05 Å². The van der Waals surface area contributed by atoms with Gasteiger partial charge in [0.2, 0.25) is 0 Å². The second kappa shape index (κ2) is 2.91. The molecule has 0 saturated carbocycles. The lowest BCUT2D eigenvalue weighted by atomic mass is 10.0. The summed E-state index contributed by atoms with van der Waals surface area (Å²) in [6, 6.07) is 6.35. The predicted octanol–water partition coefficient (Wildman–Crippen LogP) is 2.60. The van der Waals surface area contributed by atoms with Gasteiger partial charge in [0.05, 0.1) is 11.2 Å². The Balaban J connectivity index is 2.46. The van der Waals surface area contributed by atoms with Gasteiger partial charge in [-0.05, 0) is 38.5 Å². The lowest BCUT2D eigenvalue weighted by Crippen LogP contribution is -2.49. The number of fused-ring (bicyclic) bond motifs is 1. The van der Waals surface area contributed by atoms with E-state index in [2.05, 4.69) is 50.9 Å². The Morgan fingerprint density at radius 3 is 2.79 bits per heavy atom. The van der Waals surface area contributed by atoms with Gasteiger partial charge in [-0.3, -0.25) is 0 Å². The van der Waals surface area contributed by atoms with Crippen molar-refractivity contribution in [3.05, 3.63) is 23.8 Å². The zero-order chi connectivity index (χ0) is 10.3. The summed E-state index contributed by atoms with van der Waals surface area (Å²) in [5.74, 6) is 1.01. The van der Waals surface area contributed by atoms with Crippen LogP contribution in [0.25, 0.3) is 0 Å². The molecule has 0 radical (unpaired) electrons. The van der Waals surface area contributed by atoms with E-state index in [9.17, 15) is 0 Å². The summed E-state index contributed by atoms with van der Waals surface area (Å²) in [4.78, 5) is 2.28. The Hall–Kier alpha value is -1.18. The lowest BCUT2D eigenvalue weighted by molar-refractivity contribution is 0.218. The number of hydrogen-bond donors (Lipinski definition) is 0. The molecular weight excluding hydrogens is 174 g/mol. The van der Waals surface area contributed by atoms with Gasteiger partial charge in [-0.1, -0.05) is 6.07 Å².